The lowest BCUT2D eigenvalue weighted by Crippen LogP contribution is -2.17. The summed E-state index contributed by atoms with van der Waals surface area (Å²) in [6.45, 7) is 1.50. The van der Waals surface area contributed by atoms with Gasteiger partial charge in [0.15, 0.2) is 0 Å². The third-order valence-electron chi connectivity index (χ3n) is 4.08. The van der Waals surface area contributed by atoms with Gasteiger partial charge in [0.2, 0.25) is 5.91 Å². The predicted molar refractivity (Wildman–Crippen MR) is 97.1 cm³/mol. The second kappa shape index (κ2) is 11.4. The zero-order valence-electron chi connectivity index (χ0n) is 14.0. The molecule has 2 N–H and O–H groups in total. The van der Waals surface area contributed by atoms with Crippen LogP contribution in [0.25, 0.3) is 0 Å². The number of carbonyl (C=O) groups is 1. The Morgan fingerprint density at radius 3 is 2.78 bits per heavy atom. The lowest BCUT2D eigenvalue weighted by atomic mass is 9.98. The molecule has 1 aliphatic carbocycles. The van der Waals surface area contributed by atoms with Gasteiger partial charge in [0, 0.05) is 12.1 Å². The quantitative estimate of drug-likeness (QED) is 0.706. The van der Waals surface area contributed by atoms with Crippen LogP contribution in [0.4, 0.5) is 5.69 Å². The van der Waals surface area contributed by atoms with E-state index in [2.05, 4.69) is 16.7 Å². The molecule has 0 aliphatic heterocycles. The van der Waals surface area contributed by atoms with Gasteiger partial charge >= 0.3 is 0 Å². The molecule has 0 saturated heterocycles. The number of amides is 1. The van der Waals surface area contributed by atoms with Crippen LogP contribution in [-0.4, -0.2) is 25.6 Å². The van der Waals surface area contributed by atoms with Crippen LogP contribution < -0.4 is 10.6 Å². The highest BCUT2D eigenvalue weighted by Crippen LogP contribution is 2.22. The van der Waals surface area contributed by atoms with Gasteiger partial charge in [-0.25, -0.2) is 0 Å². The first-order chi connectivity index (χ1) is 10.8. The SMILES string of the molecule is CNCCCC(=O)Nc1cccc(COC2CCCCC2)c1.Cl. The molecular weight excluding hydrogens is 312 g/mol. The van der Waals surface area contributed by atoms with E-state index in [0.717, 1.165) is 24.2 Å². The number of benzene rings is 1. The first-order valence-electron chi connectivity index (χ1n) is 8.43. The van der Waals surface area contributed by atoms with Crippen LogP contribution in [0, 0.1) is 0 Å². The van der Waals surface area contributed by atoms with E-state index in [4.69, 9.17) is 4.74 Å². The summed E-state index contributed by atoms with van der Waals surface area (Å²) in [6.07, 6.45) is 8.09. The van der Waals surface area contributed by atoms with Gasteiger partial charge in [-0.3, -0.25) is 4.79 Å². The molecule has 2 rings (SSSR count). The standard InChI is InChI=1S/C18H28N2O2.ClH/c1-19-12-6-11-18(21)20-16-8-5-7-15(13-16)14-22-17-9-3-2-4-10-17;/h5,7-8,13,17,19H,2-4,6,9-12,14H2,1H3,(H,20,21);1H. The van der Waals surface area contributed by atoms with E-state index in [1.807, 2.05) is 25.2 Å². The maximum absolute atomic E-state index is 11.8. The number of hydrogen-bond donors (Lipinski definition) is 2. The molecule has 130 valence electrons. The van der Waals surface area contributed by atoms with Gasteiger partial charge in [-0.2, -0.15) is 0 Å². The molecule has 1 aromatic rings. The van der Waals surface area contributed by atoms with Gasteiger partial charge in [0.05, 0.1) is 12.7 Å². The summed E-state index contributed by atoms with van der Waals surface area (Å²) in [5, 5.41) is 6.00. The first-order valence-corrected chi connectivity index (χ1v) is 8.43. The lowest BCUT2D eigenvalue weighted by Gasteiger charge is -2.22. The summed E-state index contributed by atoms with van der Waals surface area (Å²) < 4.78 is 5.99. The van der Waals surface area contributed by atoms with Crippen LogP contribution in [0.3, 0.4) is 0 Å². The van der Waals surface area contributed by atoms with Crippen molar-refractivity contribution in [2.45, 2.75) is 57.7 Å². The molecule has 0 bridgehead atoms. The van der Waals surface area contributed by atoms with E-state index < -0.39 is 0 Å². The third-order valence-corrected chi connectivity index (χ3v) is 4.08. The highest BCUT2D eigenvalue weighted by atomic mass is 35.5. The highest BCUT2D eigenvalue weighted by Gasteiger charge is 2.13. The molecule has 0 unspecified atom stereocenters. The van der Waals surface area contributed by atoms with Crippen molar-refractivity contribution in [1.82, 2.24) is 5.32 Å². The van der Waals surface area contributed by atoms with Crippen molar-refractivity contribution in [3.05, 3.63) is 29.8 Å². The molecule has 0 aromatic heterocycles. The van der Waals surface area contributed by atoms with Crippen molar-refractivity contribution in [2.24, 2.45) is 0 Å². The van der Waals surface area contributed by atoms with Gasteiger partial charge < -0.3 is 15.4 Å². The fraction of sp³-hybridized carbons (Fsp3) is 0.611. The molecule has 23 heavy (non-hydrogen) atoms. The van der Waals surface area contributed by atoms with Crippen molar-refractivity contribution >= 4 is 24.0 Å². The predicted octanol–water partition coefficient (Wildman–Crippen LogP) is 3.90. The van der Waals surface area contributed by atoms with Gasteiger partial charge in [0.1, 0.15) is 0 Å². The number of carbonyl (C=O) groups excluding carboxylic acids is 1. The number of hydrogen-bond acceptors (Lipinski definition) is 3. The fourth-order valence-corrected chi connectivity index (χ4v) is 2.83. The van der Waals surface area contributed by atoms with Crippen LogP contribution in [0.15, 0.2) is 24.3 Å². The smallest absolute Gasteiger partial charge is 0.224 e. The normalized spacial score (nSPS) is 15.0. The second-order valence-electron chi connectivity index (χ2n) is 6.03. The topological polar surface area (TPSA) is 50.4 Å². The Kier molecular flexibility index (Phi) is 9.92. The third kappa shape index (κ3) is 7.82. The Balaban J connectivity index is 0.00000264. The lowest BCUT2D eigenvalue weighted by molar-refractivity contribution is -0.116. The maximum atomic E-state index is 11.8. The molecule has 0 radical (unpaired) electrons. The summed E-state index contributed by atoms with van der Waals surface area (Å²) in [7, 11) is 1.90. The first kappa shape index (κ1) is 19.9. The van der Waals surface area contributed by atoms with E-state index >= 15 is 0 Å². The summed E-state index contributed by atoms with van der Waals surface area (Å²) >= 11 is 0. The van der Waals surface area contributed by atoms with E-state index in [0.29, 0.717) is 19.1 Å². The largest absolute Gasteiger partial charge is 0.374 e. The Morgan fingerprint density at radius 1 is 1.26 bits per heavy atom. The molecule has 1 saturated carbocycles. The minimum absolute atomic E-state index is 0. The fourth-order valence-electron chi connectivity index (χ4n) is 2.83. The molecule has 5 heteroatoms. The summed E-state index contributed by atoms with van der Waals surface area (Å²) in [6, 6.07) is 7.97. The zero-order chi connectivity index (χ0) is 15.6. The minimum atomic E-state index is 0. The van der Waals surface area contributed by atoms with Gasteiger partial charge in [-0.1, -0.05) is 31.4 Å². The van der Waals surface area contributed by atoms with E-state index in [1.54, 1.807) is 0 Å². The van der Waals surface area contributed by atoms with E-state index in [1.165, 1.54) is 32.1 Å². The summed E-state index contributed by atoms with van der Waals surface area (Å²) in [5.41, 5.74) is 1.98. The Hall–Kier alpha value is -1.10. The molecule has 0 heterocycles. The van der Waals surface area contributed by atoms with Crippen LogP contribution in [0.5, 0.6) is 0 Å². The average molecular weight is 341 g/mol. The van der Waals surface area contributed by atoms with Crippen molar-refractivity contribution in [2.75, 3.05) is 18.9 Å². The molecule has 1 fully saturated rings. The number of ether oxygens (including phenoxy) is 1. The second-order valence-corrected chi connectivity index (χ2v) is 6.03. The molecule has 1 aromatic carbocycles. The monoisotopic (exact) mass is 340 g/mol. The van der Waals surface area contributed by atoms with Crippen molar-refractivity contribution in [3.8, 4) is 0 Å². The Bertz CT molecular complexity index is 462. The molecule has 4 nitrogen and oxygen atoms in total. The number of rotatable bonds is 8. The van der Waals surface area contributed by atoms with Crippen molar-refractivity contribution < 1.29 is 9.53 Å². The van der Waals surface area contributed by atoms with E-state index in [-0.39, 0.29) is 18.3 Å². The van der Waals surface area contributed by atoms with Gasteiger partial charge in [0.25, 0.3) is 0 Å². The molecule has 0 atom stereocenters. The Labute approximate surface area is 145 Å². The zero-order valence-corrected chi connectivity index (χ0v) is 14.8. The van der Waals surface area contributed by atoms with Crippen LogP contribution >= 0.6 is 12.4 Å². The molecular formula is C18H29ClN2O2. The average Bonchev–Trinajstić information content (AvgIpc) is 2.54. The Morgan fingerprint density at radius 2 is 2.04 bits per heavy atom. The van der Waals surface area contributed by atoms with Crippen LogP contribution in [-0.2, 0) is 16.1 Å². The molecule has 1 amide bonds. The van der Waals surface area contributed by atoms with E-state index in [9.17, 15) is 4.79 Å². The number of nitrogens with one attached hydrogen (secondary N) is 2. The maximum Gasteiger partial charge on any atom is 0.224 e. The van der Waals surface area contributed by atoms with Crippen LogP contribution in [0.1, 0.15) is 50.5 Å². The molecule has 0 spiro atoms. The summed E-state index contributed by atoms with van der Waals surface area (Å²) in [4.78, 5) is 11.8. The highest BCUT2D eigenvalue weighted by molar-refractivity contribution is 5.90. The summed E-state index contributed by atoms with van der Waals surface area (Å²) in [5.74, 6) is 0.0700. The molecule has 1 aliphatic rings. The van der Waals surface area contributed by atoms with Crippen LogP contribution in [0.2, 0.25) is 0 Å². The number of anilines is 1. The van der Waals surface area contributed by atoms with Crippen molar-refractivity contribution in [3.63, 3.8) is 0 Å². The van der Waals surface area contributed by atoms with Crippen molar-refractivity contribution in [1.29, 1.82) is 0 Å². The minimum Gasteiger partial charge on any atom is -0.374 e. The van der Waals surface area contributed by atoms with Gasteiger partial charge in [-0.15, -0.1) is 12.4 Å². The van der Waals surface area contributed by atoms with Gasteiger partial charge in [-0.05, 0) is 50.6 Å². The number of halogens is 1.